The molecule has 1 aromatic carbocycles. The second-order valence-electron chi connectivity index (χ2n) is 6.43. The van der Waals surface area contributed by atoms with Crippen LogP contribution in [-0.2, 0) is 14.8 Å². The molecule has 1 atom stereocenters. The molecule has 0 spiro atoms. The fourth-order valence-corrected chi connectivity index (χ4v) is 7.23. The predicted octanol–water partition coefficient (Wildman–Crippen LogP) is 3.31. The lowest BCUT2D eigenvalue weighted by molar-refractivity contribution is -0.120. The first-order chi connectivity index (χ1) is 11.9. The number of nitrogens with one attached hydrogen (secondary N) is 1. The van der Waals surface area contributed by atoms with Crippen molar-refractivity contribution in [3.05, 3.63) is 29.8 Å². The van der Waals surface area contributed by atoms with Crippen LogP contribution in [0.2, 0.25) is 0 Å². The largest absolute Gasteiger partial charge is 0.325 e. The van der Waals surface area contributed by atoms with E-state index in [9.17, 15) is 13.2 Å². The number of nitrogens with zero attached hydrogens (tertiary/aromatic N) is 1. The van der Waals surface area contributed by atoms with Gasteiger partial charge in [-0.1, -0.05) is 18.6 Å². The van der Waals surface area contributed by atoms with E-state index in [1.165, 1.54) is 34.1 Å². The molecule has 3 rings (SSSR count). The number of rotatable bonds is 4. The molecule has 2 aliphatic heterocycles. The molecule has 25 heavy (non-hydrogen) atoms. The van der Waals surface area contributed by atoms with Crippen LogP contribution in [0, 0.1) is 0 Å². The number of anilines is 1. The molecule has 2 saturated heterocycles. The topological polar surface area (TPSA) is 66.5 Å². The Kier molecular flexibility index (Phi) is 6.35. The lowest BCUT2D eigenvalue weighted by Crippen LogP contribution is -2.49. The first kappa shape index (κ1) is 19.1. The Labute approximate surface area is 158 Å². The van der Waals surface area contributed by atoms with E-state index < -0.39 is 16.1 Å². The standard InChI is InChI=1S/C17H24N2O3S3/c1-25(21,22)19-9-3-2-8-15(19)16(20)18-14-7-4-6-13(12-14)17-23-10-5-11-24-17/h4,6-7,12,15,17H,2-3,5,8-11H2,1H3,(H,18,20). The second-order valence-corrected chi connectivity index (χ2v) is 11.1. The summed E-state index contributed by atoms with van der Waals surface area (Å²) in [6.45, 7) is 0.423. The first-order valence-electron chi connectivity index (χ1n) is 8.56. The quantitative estimate of drug-likeness (QED) is 0.840. The Morgan fingerprint density at radius 1 is 1.20 bits per heavy atom. The number of benzene rings is 1. The number of thioether (sulfide) groups is 2. The zero-order valence-corrected chi connectivity index (χ0v) is 16.8. The number of hydrogen-bond acceptors (Lipinski definition) is 5. The third-order valence-corrected chi connectivity index (χ3v) is 8.74. The van der Waals surface area contributed by atoms with E-state index >= 15 is 0 Å². The molecule has 2 heterocycles. The monoisotopic (exact) mass is 400 g/mol. The summed E-state index contributed by atoms with van der Waals surface area (Å²) >= 11 is 3.88. The van der Waals surface area contributed by atoms with Crippen LogP contribution >= 0.6 is 23.5 Å². The molecular formula is C17H24N2O3S3. The van der Waals surface area contributed by atoms with Gasteiger partial charge in [0.15, 0.2) is 0 Å². The zero-order chi connectivity index (χ0) is 17.9. The highest BCUT2D eigenvalue weighted by Gasteiger charge is 2.34. The maximum atomic E-state index is 12.7. The van der Waals surface area contributed by atoms with Gasteiger partial charge in [0.2, 0.25) is 15.9 Å². The van der Waals surface area contributed by atoms with E-state index in [4.69, 9.17) is 0 Å². The average molecular weight is 401 g/mol. The maximum absolute atomic E-state index is 12.7. The summed E-state index contributed by atoms with van der Waals surface area (Å²) in [6, 6.07) is 7.32. The third kappa shape index (κ3) is 4.93. The van der Waals surface area contributed by atoms with Gasteiger partial charge in [0, 0.05) is 12.2 Å². The Bertz CT molecular complexity index is 718. The Hall–Kier alpha value is -0.700. The van der Waals surface area contributed by atoms with Gasteiger partial charge < -0.3 is 5.32 Å². The van der Waals surface area contributed by atoms with Gasteiger partial charge in [-0.2, -0.15) is 4.31 Å². The molecule has 2 fully saturated rings. The summed E-state index contributed by atoms with van der Waals surface area (Å²) in [5, 5.41) is 2.93. The van der Waals surface area contributed by atoms with E-state index in [1.54, 1.807) is 0 Å². The van der Waals surface area contributed by atoms with Crippen LogP contribution in [-0.4, -0.2) is 49.0 Å². The molecule has 1 amide bonds. The molecule has 8 heteroatoms. The van der Waals surface area contributed by atoms with Crippen LogP contribution in [0.3, 0.4) is 0 Å². The molecule has 1 unspecified atom stereocenters. The Morgan fingerprint density at radius 2 is 1.96 bits per heavy atom. The summed E-state index contributed by atoms with van der Waals surface area (Å²) in [5.41, 5.74) is 1.95. The van der Waals surface area contributed by atoms with E-state index in [1.807, 2.05) is 41.7 Å². The van der Waals surface area contributed by atoms with Crippen LogP contribution in [0.5, 0.6) is 0 Å². The van der Waals surface area contributed by atoms with Gasteiger partial charge in [-0.25, -0.2) is 8.42 Å². The number of piperidine rings is 1. The molecule has 138 valence electrons. The van der Waals surface area contributed by atoms with E-state index in [0.717, 1.165) is 18.5 Å². The van der Waals surface area contributed by atoms with Crippen LogP contribution in [0.1, 0.15) is 35.8 Å². The molecule has 1 aromatic rings. The Morgan fingerprint density at radius 3 is 2.68 bits per heavy atom. The van der Waals surface area contributed by atoms with Crippen molar-refractivity contribution in [2.45, 2.75) is 36.3 Å². The van der Waals surface area contributed by atoms with E-state index in [-0.39, 0.29) is 5.91 Å². The van der Waals surface area contributed by atoms with Gasteiger partial charge in [0.05, 0.1) is 10.8 Å². The summed E-state index contributed by atoms with van der Waals surface area (Å²) < 4.78 is 25.7. The minimum absolute atomic E-state index is 0.230. The van der Waals surface area contributed by atoms with Crippen molar-refractivity contribution in [2.24, 2.45) is 0 Å². The summed E-state index contributed by atoms with van der Waals surface area (Å²) in [6.07, 6.45) is 4.68. The normalized spacial score (nSPS) is 23.3. The van der Waals surface area contributed by atoms with Gasteiger partial charge in [-0.05, 0) is 48.5 Å². The second kappa shape index (κ2) is 8.33. The molecule has 5 nitrogen and oxygen atoms in total. The predicted molar refractivity (Wildman–Crippen MR) is 107 cm³/mol. The van der Waals surface area contributed by atoms with Gasteiger partial charge in [-0.15, -0.1) is 23.5 Å². The van der Waals surface area contributed by atoms with Crippen LogP contribution in [0.15, 0.2) is 24.3 Å². The van der Waals surface area contributed by atoms with Crippen molar-refractivity contribution >= 4 is 45.1 Å². The van der Waals surface area contributed by atoms with Crippen molar-refractivity contribution in [1.82, 2.24) is 4.31 Å². The molecule has 0 radical (unpaired) electrons. The SMILES string of the molecule is CS(=O)(=O)N1CCCCC1C(=O)Nc1cccc(C2SCCCS2)c1. The van der Waals surface area contributed by atoms with Gasteiger partial charge >= 0.3 is 0 Å². The molecule has 0 bridgehead atoms. The fourth-order valence-electron chi connectivity index (χ4n) is 3.23. The average Bonchev–Trinajstić information content (AvgIpc) is 2.62. The highest BCUT2D eigenvalue weighted by atomic mass is 32.2. The lowest BCUT2D eigenvalue weighted by atomic mass is 10.0. The minimum Gasteiger partial charge on any atom is -0.325 e. The van der Waals surface area contributed by atoms with Crippen LogP contribution < -0.4 is 5.32 Å². The van der Waals surface area contributed by atoms with Crippen molar-refractivity contribution < 1.29 is 13.2 Å². The van der Waals surface area contributed by atoms with E-state index in [0.29, 0.717) is 17.5 Å². The van der Waals surface area contributed by atoms with Gasteiger partial charge in [-0.3, -0.25) is 4.79 Å². The molecule has 2 aliphatic rings. The molecular weight excluding hydrogens is 376 g/mol. The Balaban J connectivity index is 1.71. The van der Waals surface area contributed by atoms with Crippen molar-refractivity contribution in [2.75, 3.05) is 29.6 Å². The third-order valence-electron chi connectivity index (χ3n) is 4.44. The van der Waals surface area contributed by atoms with Crippen molar-refractivity contribution in [3.63, 3.8) is 0 Å². The fraction of sp³-hybridized carbons (Fsp3) is 0.588. The number of carbonyl (C=O) groups excluding carboxylic acids is 1. The van der Waals surface area contributed by atoms with Gasteiger partial charge in [0.1, 0.15) is 6.04 Å². The summed E-state index contributed by atoms with van der Waals surface area (Å²) in [7, 11) is -3.37. The van der Waals surface area contributed by atoms with Crippen molar-refractivity contribution in [1.29, 1.82) is 0 Å². The van der Waals surface area contributed by atoms with Crippen LogP contribution in [0.25, 0.3) is 0 Å². The zero-order valence-electron chi connectivity index (χ0n) is 14.3. The maximum Gasteiger partial charge on any atom is 0.242 e. The van der Waals surface area contributed by atoms with Crippen LogP contribution in [0.4, 0.5) is 5.69 Å². The number of hydrogen-bond donors (Lipinski definition) is 1. The minimum atomic E-state index is -3.37. The lowest BCUT2D eigenvalue weighted by Gasteiger charge is -2.32. The molecule has 0 saturated carbocycles. The summed E-state index contributed by atoms with van der Waals surface area (Å²) in [4.78, 5) is 12.7. The molecule has 1 N–H and O–H groups in total. The van der Waals surface area contributed by atoms with E-state index in [2.05, 4.69) is 11.4 Å². The number of amides is 1. The van der Waals surface area contributed by atoms with Crippen molar-refractivity contribution in [3.8, 4) is 0 Å². The smallest absolute Gasteiger partial charge is 0.242 e. The summed E-state index contributed by atoms with van der Waals surface area (Å²) in [5.74, 6) is 2.10. The van der Waals surface area contributed by atoms with Gasteiger partial charge in [0.25, 0.3) is 0 Å². The molecule has 0 aromatic heterocycles. The highest BCUT2D eigenvalue weighted by molar-refractivity contribution is 8.16. The number of carbonyl (C=O) groups is 1. The number of sulfonamides is 1. The molecule has 0 aliphatic carbocycles. The highest BCUT2D eigenvalue weighted by Crippen LogP contribution is 2.44. The first-order valence-corrected chi connectivity index (χ1v) is 12.5.